The molecule has 0 radical (unpaired) electrons. The Morgan fingerprint density at radius 2 is 2.62 bits per heavy atom. The van der Waals surface area contributed by atoms with Crippen molar-refractivity contribution in [3.63, 3.8) is 0 Å². The van der Waals surface area contributed by atoms with Gasteiger partial charge in [-0.1, -0.05) is 5.92 Å². The molecule has 1 heterocycles. The third-order valence-corrected chi connectivity index (χ3v) is 1.54. The summed E-state index contributed by atoms with van der Waals surface area (Å²) in [7, 11) is 1.77. The number of aryl methyl sites for hydroxylation is 1. The summed E-state index contributed by atoms with van der Waals surface area (Å²) < 4.78 is 1.59. The van der Waals surface area contributed by atoms with Crippen LogP contribution in [0.25, 0.3) is 0 Å². The third-order valence-electron chi connectivity index (χ3n) is 1.54. The van der Waals surface area contributed by atoms with E-state index in [1.54, 1.807) is 24.1 Å². The number of nitrogens with zero attached hydrogens (tertiary/aromatic N) is 2. The number of rotatable bonds is 4. The fraction of sp³-hybridized carbons (Fsp3) is 0.333. The predicted molar refractivity (Wildman–Crippen MR) is 49.2 cm³/mol. The average Bonchev–Trinajstić information content (AvgIpc) is 2.52. The highest BCUT2D eigenvalue weighted by Gasteiger charge is 2.05. The van der Waals surface area contributed by atoms with Crippen molar-refractivity contribution in [2.45, 2.75) is 0 Å². The van der Waals surface area contributed by atoms with Gasteiger partial charge in [0.05, 0.1) is 24.8 Å². The number of Topliss-reactive ketones (excluding diaryl/α,β-unsaturated/α-hetero) is 1. The summed E-state index contributed by atoms with van der Waals surface area (Å²) in [6.07, 6.45) is 8.24. The van der Waals surface area contributed by atoms with Crippen molar-refractivity contribution in [2.75, 3.05) is 13.1 Å². The predicted octanol–water partition coefficient (Wildman–Crippen LogP) is -0.174. The number of aromatic nitrogens is 2. The van der Waals surface area contributed by atoms with Crippen LogP contribution >= 0.6 is 0 Å². The minimum Gasteiger partial charge on any atom is -0.299 e. The van der Waals surface area contributed by atoms with Gasteiger partial charge in [-0.3, -0.25) is 14.8 Å². The summed E-state index contributed by atoms with van der Waals surface area (Å²) in [6, 6.07) is 0. The molecule has 0 aliphatic heterocycles. The summed E-state index contributed by atoms with van der Waals surface area (Å²) in [5.41, 5.74) is 0.604. The van der Waals surface area contributed by atoms with Crippen molar-refractivity contribution in [2.24, 2.45) is 7.05 Å². The highest BCUT2D eigenvalue weighted by Crippen LogP contribution is 1.96. The van der Waals surface area contributed by atoms with Crippen molar-refractivity contribution < 1.29 is 4.79 Å². The molecule has 1 aromatic rings. The van der Waals surface area contributed by atoms with Gasteiger partial charge in [0.2, 0.25) is 0 Å². The first-order valence-electron chi connectivity index (χ1n) is 3.90. The van der Waals surface area contributed by atoms with Crippen LogP contribution < -0.4 is 5.32 Å². The van der Waals surface area contributed by atoms with Gasteiger partial charge in [0.1, 0.15) is 0 Å². The fourth-order valence-corrected chi connectivity index (χ4v) is 0.915. The minimum atomic E-state index is 0.00310. The van der Waals surface area contributed by atoms with Gasteiger partial charge in [0, 0.05) is 13.2 Å². The fourth-order valence-electron chi connectivity index (χ4n) is 0.915. The van der Waals surface area contributed by atoms with E-state index in [-0.39, 0.29) is 12.3 Å². The molecule has 0 aliphatic carbocycles. The van der Waals surface area contributed by atoms with Crippen LogP contribution in [0.2, 0.25) is 0 Å². The molecule has 68 valence electrons. The van der Waals surface area contributed by atoms with Crippen LogP contribution in [0.15, 0.2) is 12.4 Å². The smallest absolute Gasteiger partial charge is 0.179 e. The Hall–Kier alpha value is -1.60. The van der Waals surface area contributed by atoms with Crippen molar-refractivity contribution in [3.05, 3.63) is 18.0 Å². The molecule has 0 spiro atoms. The van der Waals surface area contributed by atoms with E-state index in [0.29, 0.717) is 12.1 Å². The van der Waals surface area contributed by atoms with E-state index in [1.807, 2.05) is 0 Å². The van der Waals surface area contributed by atoms with Crippen molar-refractivity contribution in [1.82, 2.24) is 15.1 Å². The van der Waals surface area contributed by atoms with Gasteiger partial charge in [-0.2, -0.15) is 5.10 Å². The van der Waals surface area contributed by atoms with E-state index >= 15 is 0 Å². The second-order valence-corrected chi connectivity index (χ2v) is 2.63. The minimum absolute atomic E-state index is 0.00310. The first-order chi connectivity index (χ1) is 6.24. The maximum Gasteiger partial charge on any atom is 0.179 e. The monoisotopic (exact) mass is 177 g/mol. The zero-order chi connectivity index (χ0) is 9.68. The summed E-state index contributed by atoms with van der Waals surface area (Å²) in [6.45, 7) is 0.669. The van der Waals surface area contributed by atoms with E-state index in [0.717, 1.165) is 0 Å². The van der Waals surface area contributed by atoms with Gasteiger partial charge >= 0.3 is 0 Å². The van der Waals surface area contributed by atoms with Gasteiger partial charge < -0.3 is 0 Å². The first kappa shape index (κ1) is 9.49. The molecule has 4 heteroatoms. The molecule has 0 atom stereocenters. The van der Waals surface area contributed by atoms with Crippen molar-refractivity contribution in [3.8, 4) is 12.3 Å². The zero-order valence-electron chi connectivity index (χ0n) is 7.45. The highest BCUT2D eigenvalue weighted by atomic mass is 16.1. The van der Waals surface area contributed by atoms with Crippen LogP contribution in [0, 0.1) is 12.3 Å². The molecule has 0 bridgehead atoms. The van der Waals surface area contributed by atoms with Crippen LogP contribution in [-0.2, 0) is 7.05 Å². The van der Waals surface area contributed by atoms with Gasteiger partial charge in [-0.15, -0.1) is 6.42 Å². The van der Waals surface area contributed by atoms with Gasteiger partial charge in [0.15, 0.2) is 5.78 Å². The van der Waals surface area contributed by atoms with Crippen LogP contribution in [0.5, 0.6) is 0 Å². The summed E-state index contributed by atoms with van der Waals surface area (Å²) in [5, 5.41) is 6.71. The second-order valence-electron chi connectivity index (χ2n) is 2.63. The molecule has 0 saturated carbocycles. The zero-order valence-corrected chi connectivity index (χ0v) is 7.45. The maximum atomic E-state index is 11.3. The molecule has 1 aromatic heterocycles. The Labute approximate surface area is 76.9 Å². The third kappa shape index (κ3) is 2.73. The number of hydrogen-bond donors (Lipinski definition) is 1. The quantitative estimate of drug-likeness (QED) is 0.394. The Kier molecular flexibility index (Phi) is 3.23. The molecule has 0 aliphatic rings. The molecule has 13 heavy (non-hydrogen) atoms. The topological polar surface area (TPSA) is 46.9 Å². The Balaban J connectivity index is 2.45. The van der Waals surface area contributed by atoms with Gasteiger partial charge in [-0.25, -0.2) is 0 Å². The molecule has 0 saturated heterocycles. The lowest BCUT2D eigenvalue weighted by molar-refractivity contribution is 0.0992. The molecule has 1 N–H and O–H groups in total. The van der Waals surface area contributed by atoms with Crippen LogP contribution in [0.1, 0.15) is 10.4 Å². The molecule has 0 fully saturated rings. The van der Waals surface area contributed by atoms with Crippen molar-refractivity contribution in [1.29, 1.82) is 0 Å². The lowest BCUT2D eigenvalue weighted by atomic mass is 10.2. The molecule has 1 rings (SSSR count). The van der Waals surface area contributed by atoms with Gasteiger partial charge in [0.25, 0.3) is 0 Å². The van der Waals surface area contributed by atoms with E-state index in [4.69, 9.17) is 6.42 Å². The standard InChI is InChI=1S/C9H11N3O/c1-3-4-10-6-9(13)8-5-11-12(2)7-8/h1,5,7,10H,4,6H2,2H3. The highest BCUT2D eigenvalue weighted by molar-refractivity contribution is 5.97. The van der Waals surface area contributed by atoms with E-state index in [1.165, 1.54) is 0 Å². The summed E-state index contributed by atoms with van der Waals surface area (Å²) >= 11 is 0. The molecule has 4 nitrogen and oxygen atoms in total. The maximum absolute atomic E-state index is 11.3. The second kappa shape index (κ2) is 4.43. The lowest BCUT2D eigenvalue weighted by Crippen LogP contribution is -2.22. The Morgan fingerprint density at radius 1 is 1.85 bits per heavy atom. The number of ketones is 1. The first-order valence-corrected chi connectivity index (χ1v) is 3.90. The largest absolute Gasteiger partial charge is 0.299 e. The van der Waals surface area contributed by atoms with E-state index in [9.17, 15) is 4.79 Å². The Morgan fingerprint density at radius 3 is 3.15 bits per heavy atom. The molecular formula is C9H11N3O. The molecule has 0 unspecified atom stereocenters. The summed E-state index contributed by atoms with van der Waals surface area (Å²) in [4.78, 5) is 11.3. The summed E-state index contributed by atoms with van der Waals surface area (Å²) in [5.74, 6) is 2.40. The van der Waals surface area contributed by atoms with Gasteiger partial charge in [-0.05, 0) is 0 Å². The average molecular weight is 177 g/mol. The van der Waals surface area contributed by atoms with Crippen LogP contribution in [-0.4, -0.2) is 28.7 Å². The molecule has 0 amide bonds. The van der Waals surface area contributed by atoms with Crippen LogP contribution in [0.4, 0.5) is 0 Å². The number of carbonyl (C=O) groups is 1. The van der Waals surface area contributed by atoms with Crippen molar-refractivity contribution >= 4 is 5.78 Å². The Bertz CT molecular complexity index is 335. The normalized spacial score (nSPS) is 9.54. The number of hydrogen-bond acceptors (Lipinski definition) is 3. The molecular weight excluding hydrogens is 166 g/mol. The number of carbonyl (C=O) groups excluding carboxylic acids is 1. The lowest BCUT2D eigenvalue weighted by Gasteiger charge is -1.96. The van der Waals surface area contributed by atoms with E-state index in [2.05, 4.69) is 16.3 Å². The number of terminal acetylenes is 1. The number of nitrogens with one attached hydrogen (secondary N) is 1. The van der Waals surface area contributed by atoms with Crippen LogP contribution in [0.3, 0.4) is 0 Å². The van der Waals surface area contributed by atoms with E-state index < -0.39 is 0 Å². The molecule has 0 aromatic carbocycles. The SMILES string of the molecule is C#CCNCC(=O)c1cnn(C)c1.